The third-order valence-corrected chi connectivity index (χ3v) is 9.64. The molecule has 0 radical (unpaired) electrons. The molecule has 41 heavy (non-hydrogen) atoms. The number of rotatable bonds is 32. The Labute approximate surface area is 259 Å². The predicted molar refractivity (Wildman–Crippen MR) is 184 cm³/mol. The van der Waals surface area contributed by atoms with Crippen LogP contribution in [0.25, 0.3) is 0 Å². The molecule has 1 rings (SSSR count). The molecule has 0 fully saturated rings. The first-order valence-corrected chi connectivity index (χ1v) is 19.3. The quantitative estimate of drug-likeness (QED) is 0.0653. The van der Waals surface area contributed by atoms with E-state index in [0.717, 1.165) is 0 Å². The van der Waals surface area contributed by atoms with E-state index < -0.39 is 0 Å². The molecule has 0 bridgehead atoms. The number of nitrogens with one attached hydrogen (secondary N) is 1. The van der Waals surface area contributed by atoms with Crippen LogP contribution in [0.1, 0.15) is 238 Å². The fourth-order valence-electron chi connectivity index (χ4n) is 6.78. The van der Waals surface area contributed by atoms with Gasteiger partial charge in [-0.1, -0.05) is 188 Å². The third kappa shape index (κ3) is 21.5. The number of hydrogen-bond acceptors (Lipinski definition) is 0. The lowest BCUT2D eigenvalue weighted by Gasteiger charge is -2.17. The lowest BCUT2D eigenvalue weighted by Crippen LogP contribution is -2.41. The number of hydrogen-bond donors (Lipinski definition) is 1. The summed E-state index contributed by atoms with van der Waals surface area (Å²) in [5, 5.41) is 0. The first kappa shape index (κ1) is 38.2. The summed E-state index contributed by atoms with van der Waals surface area (Å²) in [5.74, 6) is 2.25. The van der Waals surface area contributed by atoms with Gasteiger partial charge < -0.3 is 0 Å². The van der Waals surface area contributed by atoms with Crippen LogP contribution in [-0.4, -0.2) is 4.98 Å². The Kier molecular flexibility index (Phi) is 27.3. The van der Waals surface area contributed by atoms with Gasteiger partial charge in [-0.3, -0.25) is 0 Å². The van der Waals surface area contributed by atoms with E-state index >= 15 is 0 Å². The van der Waals surface area contributed by atoms with Gasteiger partial charge in [0.05, 0.1) is 12.0 Å². The number of imidazole rings is 1. The molecule has 0 saturated heterocycles. The van der Waals surface area contributed by atoms with E-state index in [0.29, 0.717) is 12.0 Å². The van der Waals surface area contributed by atoms with E-state index in [1.807, 2.05) is 0 Å². The van der Waals surface area contributed by atoms with Gasteiger partial charge in [0.15, 0.2) is 0 Å². The minimum Gasteiger partial charge on any atom is -0.247 e. The van der Waals surface area contributed by atoms with E-state index in [2.05, 4.69) is 49.6 Å². The highest BCUT2D eigenvalue weighted by Crippen LogP contribution is 2.27. The van der Waals surface area contributed by atoms with Crippen LogP contribution in [0.15, 0.2) is 12.4 Å². The normalized spacial score (nSPS) is 13.2. The highest BCUT2D eigenvalue weighted by atomic mass is 15.1. The number of aromatic amines is 1. The molecule has 0 aliphatic heterocycles. The molecule has 0 saturated carbocycles. The lowest BCUT2D eigenvalue weighted by atomic mass is 9.92. The van der Waals surface area contributed by atoms with Crippen LogP contribution in [0.5, 0.6) is 0 Å². The van der Waals surface area contributed by atoms with Crippen molar-refractivity contribution in [3.8, 4) is 0 Å². The highest BCUT2D eigenvalue weighted by molar-refractivity contribution is 4.90. The summed E-state index contributed by atoms with van der Waals surface area (Å²) in [6.45, 7) is 9.41. The number of unbranched alkanes of at least 4 members (excludes halogenated alkanes) is 24. The molecule has 1 aromatic heterocycles. The van der Waals surface area contributed by atoms with Gasteiger partial charge in [0.2, 0.25) is 0 Å². The second-order valence-electron chi connectivity index (χ2n) is 13.6. The molecule has 2 atom stereocenters. The van der Waals surface area contributed by atoms with Gasteiger partial charge in [-0.2, -0.15) is 0 Å². The molecular weight excluding hydrogens is 496 g/mol. The topological polar surface area (TPSA) is 19.7 Å². The summed E-state index contributed by atoms with van der Waals surface area (Å²) in [6.07, 6.45) is 47.2. The fourth-order valence-corrected chi connectivity index (χ4v) is 6.78. The van der Waals surface area contributed by atoms with Crippen LogP contribution in [0.2, 0.25) is 0 Å². The zero-order valence-corrected chi connectivity index (χ0v) is 29.0. The third-order valence-electron chi connectivity index (χ3n) is 9.64. The summed E-state index contributed by atoms with van der Waals surface area (Å²) in [5.41, 5.74) is 0. The zero-order valence-electron chi connectivity index (χ0n) is 29.0. The predicted octanol–water partition coefficient (Wildman–Crippen LogP) is 13.7. The molecule has 242 valence electrons. The summed E-state index contributed by atoms with van der Waals surface area (Å²) < 4.78 is 2.63. The van der Waals surface area contributed by atoms with Crippen LogP contribution >= 0.6 is 0 Å². The van der Waals surface area contributed by atoms with Crippen molar-refractivity contribution in [2.45, 2.75) is 232 Å². The van der Waals surface area contributed by atoms with Crippen molar-refractivity contribution in [2.24, 2.45) is 0 Å². The summed E-state index contributed by atoms with van der Waals surface area (Å²) in [7, 11) is 0. The maximum atomic E-state index is 3.74. The van der Waals surface area contributed by atoms with Crippen molar-refractivity contribution in [3.63, 3.8) is 0 Å². The largest absolute Gasteiger partial charge is 0.257 e. The fraction of sp³-hybridized carbons (Fsp3) is 0.923. The van der Waals surface area contributed by atoms with Crippen molar-refractivity contribution < 1.29 is 4.57 Å². The Hall–Kier alpha value is -0.790. The van der Waals surface area contributed by atoms with Crippen LogP contribution < -0.4 is 4.57 Å². The highest BCUT2D eigenvalue weighted by Gasteiger charge is 2.25. The Morgan fingerprint density at radius 1 is 0.463 bits per heavy atom. The van der Waals surface area contributed by atoms with Gasteiger partial charge in [-0.25, -0.2) is 9.55 Å². The Bertz CT molecular complexity index is 635. The van der Waals surface area contributed by atoms with Gasteiger partial charge in [0, 0.05) is 0 Å². The Morgan fingerprint density at radius 3 is 1.15 bits per heavy atom. The standard InChI is InChI=1S/C39H76N2/c1-5-8-11-14-17-19-20-21-23-25-28-31-34-38(33-30-27-16-13-10-7-3)39-40-35-36-41(39)37(4)32-29-26-24-22-18-15-12-9-6-2/h35-38H,5-34H2,1-4H3/p+1. The second-order valence-corrected chi connectivity index (χ2v) is 13.6. The average molecular weight is 574 g/mol. The number of H-pyrrole nitrogens is 1. The Balaban J connectivity index is 2.39. The molecular formula is C39H77N2+. The molecule has 0 amide bonds. The van der Waals surface area contributed by atoms with Crippen molar-refractivity contribution in [1.29, 1.82) is 0 Å². The van der Waals surface area contributed by atoms with Gasteiger partial charge in [0.1, 0.15) is 12.4 Å². The number of nitrogens with zero attached hydrogens (tertiary/aromatic N) is 1. The zero-order chi connectivity index (χ0) is 29.6. The van der Waals surface area contributed by atoms with Crippen molar-refractivity contribution in [1.82, 2.24) is 4.98 Å². The maximum Gasteiger partial charge on any atom is 0.257 e. The average Bonchev–Trinajstić information content (AvgIpc) is 3.47. The minimum absolute atomic E-state index is 0.620. The van der Waals surface area contributed by atoms with Crippen molar-refractivity contribution >= 4 is 0 Å². The Morgan fingerprint density at radius 2 is 0.780 bits per heavy atom. The van der Waals surface area contributed by atoms with Crippen LogP contribution in [0, 0.1) is 0 Å². The first-order chi connectivity index (χ1) is 20.2. The number of aromatic nitrogens is 2. The smallest absolute Gasteiger partial charge is 0.247 e. The van der Waals surface area contributed by atoms with E-state index in [9.17, 15) is 0 Å². The van der Waals surface area contributed by atoms with Gasteiger partial charge >= 0.3 is 0 Å². The van der Waals surface area contributed by atoms with E-state index in [1.165, 1.54) is 198 Å². The van der Waals surface area contributed by atoms with E-state index in [4.69, 9.17) is 0 Å². The second kappa shape index (κ2) is 29.3. The SMILES string of the molecule is CCCCCCCCCCCCCCC(CCCCCCCC)c1[nH]cc[n+]1C(C)CCCCCCCCCCC. The van der Waals surface area contributed by atoms with E-state index in [-0.39, 0.29) is 0 Å². The monoisotopic (exact) mass is 574 g/mol. The van der Waals surface area contributed by atoms with Crippen LogP contribution in [0.4, 0.5) is 0 Å². The summed E-state index contributed by atoms with van der Waals surface area (Å²) in [4.78, 5) is 3.74. The lowest BCUT2D eigenvalue weighted by molar-refractivity contribution is -0.727. The van der Waals surface area contributed by atoms with Crippen molar-refractivity contribution in [3.05, 3.63) is 18.2 Å². The summed E-state index contributed by atoms with van der Waals surface area (Å²) >= 11 is 0. The van der Waals surface area contributed by atoms with Gasteiger partial charge in [-0.15, -0.1) is 0 Å². The molecule has 0 aromatic carbocycles. The van der Waals surface area contributed by atoms with E-state index in [1.54, 1.807) is 0 Å². The summed E-state index contributed by atoms with van der Waals surface area (Å²) in [6, 6.07) is 0.620. The molecule has 0 aliphatic carbocycles. The minimum atomic E-state index is 0.620. The van der Waals surface area contributed by atoms with Gasteiger partial charge in [-0.05, 0) is 32.6 Å². The van der Waals surface area contributed by atoms with Gasteiger partial charge in [0.25, 0.3) is 5.82 Å². The first-order valence-electron chi connectivity index (χ1n) is 19.3. The molecule has 2 heteroatoms. The van der Waals surface area contributed by atoms with Crippen LogP contribution in [0.3, 0.4) is 0 Å². The van der Waals surface area contributed by atoms with Crippen molar-refractivity contribution in [2.75, 3.05) is 0 Å². The van der Waals surface area contributed by atoms with Crippen LogP contribution in [-0.2, 0) is 0 Å². The molecule has 0 spiro atoms. The molecule has 1 N–H and O–H groups in total. The molecule has 2 nitrogen and oxygen atoms in total. The molecule has 1 aromatic rings. The molecule has 1 heterocycles. The molecule has 2 unspecified atom stereocenters. The maximum absolute atomic E-state index is 3.74. The molecule has 0 aliphatic rings.